The SMILES string of the molecule is CC1(C)CC(=O)C2=C(C1)N(c1cccc3ccccc13)C(=O)CC2c1ccncc1. The van der Waals surface area contributed by atoms with Crippen LogP contribution in [0.4, 0.5) is 5.69 Å². The quantitative estimate of drug-likeness (QED) is 0.583. The Morgan fingerprint density at radius 2 is 1.67 bits per heavy atom. The van der Waals surface area contributed by atoms with Crippen LogP contribution in [-0.4, -0.2) is 16.7 Å². The second-order valence-electron chi connectivity index (χ2n) is 9.07. The molecule has 2 aliphatic rings. The van der Waals surface area contributed by atoms with Gasteiger partial charge in [0.15, 0.2) is 5.78 Å². The summed E-state index contributed by atoms with van der Waals surface area (Å²) in [7, 11) is 0. The summed E-state index contributed by atoms with van der Waals surface area (Å²) in [5, 5.41) is 2.11. The van der Waals surface area contributed by atoms with Gasteiger partial charge in [-0.2, -0.15) is 0 Å². The molecule has 1 aliphatic heterocycles. The molecule has 0 saturated carbocycles. The first kappa shape index (κ1) is 18.7. The number of allylic oxidation sites excluding steroid dienone is 2. The number of rotatable bonds is 2. The Bertz CT molecular complexity index is 1190. The van der Waals surface area contributed by atoms with Crippen molar-refractivity contribution in [2.45, 2.75) is 39.0 Å². The highest BCUT2D eigenvalue weighted by Gasteiger charge is 2.44. The molecule has 1 aliphatic carbocycles. The molecule has 0 radical (unpaired) electrons. The number of nitrogens with zero attached hydrogens (tertiary/aromatic N) is 2. The van der Waals surface area contributed by atoms with Gasteiger partial charge in [-0.25, -0.2) is 0 Å². The van der Waals surface area contributed by atoms with E-state index >= 15 is 0 Å². The van der Waals surface area contributed by atoms with Gasteiger partial charge < -0.3 is 0 Å². The summed E-state index contributed by atoms with van der Waals surface area (Å²) in [6.45, 7) is 4.22. The van der Waals surface area contributed by atoms with E-state index in [1.165, 1.54) is 0 Å². The van der Waals surface area contributed by atoms with Crippen molar-refractivity contribution in [3.05, 3.63) is 83.8 Å². The second kappa shape index (κ2) is 6.91. The highest BCUT2D eigenvalue weighted by Crippen LogP contribution is 2.48. The fraction of sp³-hybridized carbons (Fsp3) is 0.269. The van der Waals surface area contributed by atoms with Crippen LogP contribution in [-0.2, 0) is 9.59 Å². The Morgan fingerprint density at radius 1 is 0.933 bits per heavy atom. The number of amides is 1. The van der Waals surface area contributed by atoms with E-state index in [1.54, 1.807) is 12.4 Å². The Morgan fingerprint density at radius 3 is 2.47 bits per heavy atom. The highest BCUT2D eigenvalue weighted by molar-refractivity contribution is 6.11. The lowest BCUT2D eigenvalue weighted by Crippen LogP contribution is -2.43. The summed E-state index contributed by atoms with van der Waals surface area (Å²) in [4.78, 5) is 32.9. The summed E-state index contributed by atoms with van der Waals surface area (Å²) < 4.78 is 0. The molecule has 1 atom stereocenters. The van der Waals surface area contributed by atoms with Crippen molar-refractivity contribution < 1.29 is 9.59 Å². The number of benzene rings is 2. The molecule has 0 fully saturated rings. The molecule has 30 heavy (non-hydrogen) atoms. The van der Waals surface area contributed by atoms with Crippen molar-refractivity contribution in [3.8, 4) is 0 Å². The normalized spacial score (nSPS) is 21.1. The molecule has 3 aromatic rings. The van der Waals surface area contributed by atoms with Crippen LogP contribution in [0.25, 0.3) is 10.8 Å². The fourth-order valence-electron chi connectivity index (χ4n) is 4.98. The Labute approximate surface area is 176 Å². The van der Waals surface area contributed by atoms with Crippen LogP contribution in [0.5, 0.6) is 0 Å². The minimum absolute atomic E-state index is 0.0393. The molecular weight excluding hydrogens is 372 g/mol. The van der Waals surface area contributed by atoms with Gasteiger partial charge in [-0.1, -0.05) is 50.2 Å². The van der Waals surface area contributed by atoms with Gasteiger partial charge in [-0.3, -0.25) is 19.5 Å². The fourth-order valence-corrected chi connectivity index (χ4v) is 4.98. The molecule has 2 heterocycles. The zero-order valence-electron chi connectivity index (χ0n) is 17.3. The summed E-state index contributed by atoms with van der Waals surface area (Å²) >= 11 is 0. The topological polar surface area (TPSA) is 50.3 Å². The minimum Gasteiger partial charge on any atom is -0.294 e. The molecule has 0 bridgehead atoms. The van der Waals surface area contributed by atoms with Crippen LogP contribution in [0.2, 0.25) is 0 Å². The number of hydrogen-bond acceptors (Lipinski definition) is 3. The van der Waals surface area contributed by atoms with E-state index in [0.29, 0.717) is 12.8 Å². The van der Waals surface area contributed by atoms with Crippen molar-refractivity contribution in [2.24, 2.45) is 5.41 Å². The molecule has 0 saturated heterocycles. The number of aromatic nitrogens is 1. The van der Waals surface area contributed by atoms with Crippen LogP contribution >= 0.6 is 0 Å². The summed E-state index contributed by atoms with van der Waals surface area (Å²) in [6.07, 6.45) is 4.95. The van der Waals surface area contributed by atoms with Gasteiger partial charge in [-0.05, 0) is 41.0 Å². The largest absolute Gasteiger partial charge is 0.294 e. The van der Waals surface area contributed by atoms with E-state index < -0.39 is 0 Å². The Balaban J connectivity index is 1.75. The monoisotopic (exact) mass is 396 g/mol. The smallest absolute Gasteiger partial charge is 0.232 e. The van der Waals surface area contributed by atoms with Gasteiger partial charge >= 0.3 is 0 Å². The molecule has 0 N–H and O–H groups in total. The average molecular weight is 396 g/mol. The minimum atomic E-state index is -0.203. The maximum absolute atomic E-state index is 13.6. The molecule has 5 rings (SSSR count). The van der Waals surface area contributed by atoms with Crippen molar-refractivity contribution in [1.82, 2.24) is 4.98 Å². The van der Waals surface area contributed by atoms with Crippen molar-refractivity contribution >= 4 is 28.2 Å². The Kier molecular flexibility index (Phi) is 4.31. The number of anilines is 1. The maximum atomic E-state index is 13.6. The lowest BCUT2D eigenvalue weighted by molar-refractivity contribution is -0.120. The number of Topliss-reactive ketones (excluding diaryl/α,β-unsaturated/α-hetero) is 1. The average Bonchev–Trinajstić information content (AvgIpc) is 2.73. The molecule has 1 amide bonds. The molecule has 0 spiro atoms. The zero-order chi connectivity index (χ0) is 20.9. The van der Waals surface area contributed by atoms with Crippen LogP contribution in [0.3, 0.4) is 0 Å². The molecule has 1 unspecified atom stereocenters. The van der Waals surface area contributed by atoms with Crippen LogP contribution in [0, 0.1) is 5.41 Å². The highest BCUT2D eigenvalue weighted by atomic mass is 16.2. The van der Waals surface area contributed by atoms with E-state index in [9.17, 15) is 9.59 Å². The third-order valence-corrected chi connectivity index (χ3v) is 6.26. The number of pyridine rings is 1. The molecule has 1 aromatic heterocycles. The van der Waals surface area contributed by atoms with Gasteiger partial charge in [0.1, 0.15) is 0 Å². The number of hydrogen-bond donors (Lipinski definition) is 0. The zero-order valence-corrected chi connectivity index (χ0v) is 17.3. The standard InChI is InChI=1S/C26H24N2O2/c1-26(2)15-22-25(23(29)16-26)20(18-10-12-27-13-11-18)14-24(30)28(22)21-9-5-7-17-6-3-4-8-19(17)21/h3-13,20H,14-16H2,1-2H3. The lowest BCUT2D eigenvalue weighted by atomic mass is 9.69. The van der Waals surface area contributed by atoms with Crippen molar-refractivity contribution in [1.29, 1.82) is 0 Å². The summed E-state index contributed by atoms with van der Waals surface area (Å²) in [5.41, 5.74) is 3.33. The van der Waals surface area contributed by atoms with Crippen molar-refractivity contribution in [3.63, 3.8) is 0 Å². The lowest BCUT2D eigenvalue weighted by Gasteiger charge is -2.43. The third-order valence-electron chi connectivity index (χ3n) is 6.26. The predicted molar refractivity (Wildman–Crippen MR) is 118 cm³/mol. The maximum Gasteiger partial charge on any atom is 0.232 e. The molecule has 4 heteroatoms. The third kappa shape index (κ3) is 3.04. The van der Waals surface area contributed by atoms with E-state index in [0.717, 1.165) is 33.3 Å². The molecule has 4 nitrogen and oxygen atoms in total. The first-order valence-electron chi connectivity index (χ1n) is 10.4. The number of ketones is 1. The van der Waals surface area contributed by atoms with Gasteiger partial charge in [0, 0.05) is 47.8 Å². The van der Waals surface area contributed by atoms with E-state index in [1.807, 2.05) is 47.4 Å². The van der Waals surface area contributed by atoms with Gasteiger partial charge in [0.25, 0.3) is 0 Å². The van der Waals surface area contributed by atoms with Gasteiger partial charge in [0.2, 0.25) is 5.91 Å². The summed E-state index contributed by atoms with van der Waals surface area (Å²) in [5.74, 6) is -0.0106. The second-order valence-corrected chi connectivity index (χ2v) is 9.07. The van der Waals surface area contributed by atoms with Crippen LogP contribution < -0.4 is 4.90 Å². The van der Waals surface area contributed by atoms with Gasteiger partial charge in [0.05, 0.1) is 5.69 Å². The van der Waals surface area contributed by atoms with E-state index in [2.05, 4.69) is 31.0 Å². The van der Waals surface area contributed by atoms with Gasteiger partial charge in [-0.15, -0.1) is 0 Å². The summed E-state index contributed by atoms with van der Waals surface area (Å²) in [6, 6.07) is 18.0. The number of fused-ring (bicyclic) bond motifs is 1. The molecular formula is C26H24N2O2. The Hall–Kier alpha value is -3.27. The predicted octanol–water partition coefficient (Wildman–Crippen LogP) is 5.40. The van der Waals surface area contributed by atoms with E-state index in [-0.39, 0.29) is 29.4 Å². The van der Waals surface area contributed by atoms with Crippen LogP contribution in [0.1, 0.15) is 44.6 Å². The van der Waals surface area contributed by atoms with Crippen molar-refractivity contribution in [2.75, 3.05) is 4.90 Å². The first-order chi connectivity index (χ1) is 14.4. The number of carbonyl (C=O) groups excluding carboxylic acids is 2. The molecule has 2 aromatic carbocycles. The number of carbonyl (C=O) groups is 2. The molecule has 150 valence electrons. The van der Waals surface area contributed by atoms with Crippen LogP contribution in [0.15, 0.2) is 78.3 Å². The first-order valence-corrected chi connectivity index (χ1v) is 10.4. The van der Waals surface area contributed by atoms with E-state index in [4.69, 9.17) is 0 Å².